The third-order valence-corrected chi connectivity index (χ3v) is 5.21. The van der Waals surface area contributed by atoms with Crippen LogP contribution in [0.4, 0.5) is 0 Å². The second kappa shape index (κ2) is 2.80. The van der Waals surface area contributed by atoms with Crippen LogP contribution in [0.25, 0.3) is 0 Å². The third kappa shape index (κ3) is 0.985. The predicted octanol–water partition coefficient (Wildman–Crippen LogP) is 3.24. The average Bonchev–Trinajstić information content (AvgIpc) is 2.62. The minimum absolute atomic E-state index is 0.968. The highest BCUT2D eigenvalue weighted by Gasteiger charge is 2.42. The van der Waals surface area contributed by atoms with Gasteiger partial charge in [-0.15, -0.1) is 11.8 Å². The molecule has 0 bridgehead atoms. The van der Waals surface area contributed by atoms with Crippen molar-refractivity contribution in [2.24, 2.45) is 11.8 Å². The Morgan fingerprint density at radius 2 is 2.17 bits per heavy atom. The Kier molecular flexibility index (Phi) is 1.75. The van der Waals surface area contributed by atoms with Gasteiger partial charge < -0.3 is 0 Å². The maximum atomic E-state index is 2.51. The van der Waals surface area contributed by atoms with Gasteiger partial charge in [0.2, 0.25) is 0 Å². The van der Waals surface area contributed by atoms with Gasteiger partial charge in [-0.3, -0.25) is 0 Å². The number of fused-ring (bicyclic) bond motifs is 3. The number of rotatable bonds is 0. The van der Waals surface area contributed by atoms with E-state index in [0.29, 0.717) is 0 Å². The van der Waals surface area contributed by atoms with Crippen molar-refractivity contribution in [3.05, 3.63) is 11.6 Å². The molecular formula is C11H16S. The first-order chi connectivity index (χ1) is 5.95. The minimum Gasteiger partial charge on any atom is -0.150 e. The van der Waals surface area contributed by atoms with Crippen molar-refractivity contribution in [2.45, 2.75) is 37.4 Å². The Morgan fingerprint density at radius 1 is 1.25 bits per heavy atom. The van der Waals surface area contributed by atoms with E-state index in [4.69, 9.17) is 0 Å². The molecule has 2 fully saturated rings. The van der Waals surface area contributed by atoms with Crippen LogP contribution in [0.1, 0.15) is 32.1 Å². The molecule has 0 aromatic rings. The van der Waals surface area contributed by atoms with Crippen LogP contribution in [-0.2, 0) is 0 Å². The van der Waals surface area contributed by atoms with Gasteiger partial charge in [0.05, 0.1) is 0 Å². The molecular weight excluding hydrogens is 164 g/mol. The van der Waals surface area contributed by atoms with Gasteiger partial charge in [0.1, 0.15) is 0 Å². The minimum atomic E-state index is 0.968. The SMILES string of the molecule is C1=C2CC3CCCCC3C2SC1. The number of thioether (sulfide) groups is 1. The van der Waals surface area contributed by atoms with Gasteiger partial charge >= 0.3 is 0 Å². The molecule has 3 aliphatic rings. The summed E-state index contributed by atoms with van der Waals surface area (Å²) in [5.74, 6) is 3.48. The smallest absolute Gasteiger partial charge is 0.0290 e. The molecule has 2 aliphatic carbocycles. The second-order valence-electron chi connectivity index (χ2n) is 4.45. The molecule has 12 heavy (non-hydrogen) atoms. The van der Waals surface area contributed by atoms with Crippen LogP contribution in [0, 0.1) is 11.8 Å². The van der Waals surface area contributed by atoms with Crippen molar-refractivity contribution < 1.29 is 0 Å². The van der Waals surface area contributed by atoms with Crippen molar-refractivity contribution in [3.8, 4) is 0 Å². The molecule has 0 aromatic heterocycles. The fourth-order valence-electron chi connectivity index (χ4n) is 3.27. The summed E-state index contributed by atoms with van der Waals surface area (Å²) in [5.41, 5.74) is 1.82. The Labute approximate surface area is 78.8 Å². The summed E-state index contributed by atoms with van der Waals surface area (Å²) in [4.78, 5) is 0. The molecule has 0 spiro atoms. The molecule has 3 unspecified atom stereocenters. The van der Waals surface area contributed by atoms with E-state index < -0.39 is 0 Å². The fraction of sp³-hybridized carbons (Fsp3) is 0.818. The van der Waals surface area contributed by atoms with Crippen LogP contribution in [-0.4, -0.2) is 11.0 Å². The highest BCUT2D eigenvalue weighted by molar-refractivity contribution is 8.00. The molecule has 0 saturated heterocycles. The highest BCUT2D eigenvalue weighted by atomic mass is 32.2. The largest absolute Gasteiger partial charge is 0.150 e. The zero-order valence-corrected chi connectivity index (χ0v) is 8.28. The van der Waals surface area contributed by atoms with Crippen LogP contribution in [0.3, 0.4) is 0 Å². The van der Waals surface area contributed by atoms with E-state index in [2.05, 4.69) is 17.8 Å². The second-order valence-corrected chi connectivity index (χ2v) is 5.62. The molecule has 0 radical (unpaired) electrons. The van der Waals surface area contributed by atoms with Crippen molar-refractivity contribution in [3.63, 3.8) is 0 Å². The first-order valence-corrected chi connectivity index (χ1v) is 6.30. The fourth-order valence-corrected chi connectivity index (χ4v) is 4.80. The van der Waals surface area contributed by atoms with Crippen molar-refractivity contribution in [1.29, 1.82) is 0 Å². The summed E-state index contributed by atoms with van der Waals surface area (Å²) in [5, 5.41) is 0.968. The zero-order valence-electron chi connectivity index (χ0n) is 7.46. The van der Waals surface area contributed by atoms with E-state index in [9.17, 15) is 0 Å². The maximum absolute atomic E-state index is 2.51. The standard InChI is InChI=1S/C11H16S/c1-2-4-10-8(3-1)7-9-5-6-12-11(9)10/h5,8,10-11H,1-4,6-7H2. The van der Waals surface area contributed by atoms with E-state index in [1.165, 1.54) is 37.9 Å². The van der Waals surface area contributed by atoms with Gasteiger partial charge in [0, 0.05) is 11.0 Å². The topological polar surface area (TPSA) is 0 Å². The quantitative estimate of drug-likeness (QED) is 0.516. The summed E-state index contributed by atoms with van der Waals surface area (Å²) in [6.07, 6.45) is 10.0. The predicted molar refractivity (Wildman–Crippen MR) is 54.4 cm³/mol. The number of hydrogen-bond donors (Lipinski definition) is 0. The van der Waals surface area contributed by atoms with Crippen LogP contribution in [0.15, 0.2) is 11.6 Å². The van der Waals surface area contributed by atoms with E-state index in [1.54, 1.807) is 0 Å². The molecule has 0 amide bonds. The zero-order chi connectivity index (χ0) is 7.97. The highest BCUT2D eigenvalue weighted by Crippen LogP contribution is 2.52. The van der Waals surface area contributed by atoms with Gasteiger partial charge in [0.25, 0.3) is 0 Å². The first-order valence-electron chi connectivity index (χ1n) is 5.25. The lowest BCUT2D eigenvalue weighted by atomic mass is 9.82. The third-order valence-electron chi connectivity index (χ3n) is 3.84. The molecule has 0 N–H and O–H groups in total. The van der Waals surface area contributed by atoms with Gasteiger partial charge in [0.15, 0.2) is 0 Å². The van der Waals surface area contributed by atoms with E-state index >= 15 is 0 Å². The monoisotopic (exact) mass is 180 g/mol. The van der Waals surface area contributed by atoms with Crippen LogP contribution >= 0.6 is 11.8 Å². The lowest BCUT2D eigenvalue weighted by Gasteiger charge is -2.27. The summed E-state index contributed by atoms with van der Waals surface area (Å²) >= 11 is 2.21. The molecule has 0 aromatic carbocycles. The Bertz CT molecular complexity index is 219. The molecule has 1 heteroatoms. The molecule has 1 aliphatic heterocycles. The van der Waals surface area contributed by atoms with Crippen molar-refractivity contribution >= 4 is 11.8 Å². The lowest BCUT2D eigenvalue weighted by molar-refractivity contribution is 0.281. The summed E-state index contributed by atoms with van der Waals surface area (Å²) < 4.78 is 0. The molecule has 66 valence electrons. The summed E-state index contributed by atoms with van der Waals surface area (Å²) in [6, 6.07) is 0. The van der Waals surface area contributed by atoms with Gasteiger partial charge in [-0.2, -0.15) is 0 Å². The molecule has 0 nitrogen and oxygen atoms in total. The first kappa shape index (κ1) is 7.49. The number of hydrogen-bond acceptors (Lipinski definition) is 1. The molecule has 3 rings (SSSR count). The van der Waals surface area contributed by atoms with E-state index in [1.807, 2.05) is 5.57 Å². The van der Waals surface area contributed by atoms with Gasteiger partial charge in [-0.25, -0.2) is 0 Å². The van der Waals surface area contributed by atoms with E-state index in [-0.39, 0.29) is 0 Å². The average molecular weight is 180 g/mol. The molecule has 2 saturated carbocycles. The lowest BCUT2D eigenvalue weighted by Crippen LogP contribution is -2.20. The Hall–Kier alpha value is 0.0900. The van der Waals surface area contributed by atoms with Gasteiger partial charge in [-0.05, 0) is 31.1 Å². The molecule has 3 atom stereocenters. The maximum Gasteiger partial charge on any atom is 0.0290 e. The van der Waals surface area contributed by atoms with Crippen molar-refractivity contribution in [2.75, 3.05) is 5.75 Å². The van der Waals surface area contributed by atoms with Crippen molar-refractivity contribution in [1.82, 2.24) is 0 Å². The summed E-state index contributed by atoms with van der Waals surface area (Å²) in [7, 11) is 0. The van der Waals surface area contributed by atoms with Crippen LogP contribution in [0.5, 0.6) is 0 Å². The summed E-state index contributed by atoms with van der Waals surface area (Å²) in [6.45, 7) is 0. The normalized spacial score (nSPS) is 45.3. The molecule has 1 heterocycles. The van der Waals surface area contributed by atoms with Crippen LogP contribution in [0.2, 0.25) is 0 Å². The Balaban J connectivity index is 1.86. The Morgan fingerprint density at radius 3 is 3.17 bits per heavy atom. The van der Waals surface area contributed by atoms with E-state index in [0.717, 1.165) is 17.1 Å². The van der Waals surface area contributed by atoms with Crippen LogP contribution < -0.4 is 0 Å². The van der Waals surface area contributed by atoms with Gasteiger partial charge in [-0.1, -0.05) is 24.5 Å².